The van der Waals surface area contributed by atoms with Crippen molar-refractivity contribution in [3.05, 3.63) is 51.5 Å². The van der Waals surface area contributed by atoms with E-state index in [0.29, 0.717) is 22.3 Å². The number of benzene rings is 2. The first-order valence-electron chi connectivity index (χ1n) is 6.74. The van der Waals surface area contributed by atoms with Crippen LogP contribution in [-0.2, 0) is 16.1 Å². The summed E-state index contributed by atoms with van der Waals surface area (Å²) in [5.41, 5.74) is 0.719. The van der Waals surface area contributed by atoms with Crippen LogP contribution in [0.2, 0.25) is 5.02 Å². The van der Waals surface area contributed by atoms with Gasteiger partial charge in [-0.2, -0.15) is 0 Å². The van der Waals surface area contributed by atoms with Crippen molar-refractivity contribution in [3.8, 4) is 17.2 Å². The zero-order valence-corrected chi connectivity index (χ0v) is 14.2. The third-order valence-corrected chi connectivity index (χ3v) is 3.87. The number of carbonyl (C=O) groups excluding carboxylic acids is 1. The summed E-state index contributed by atoms with van der Waals surface area (Å²) in [6.45, 7) is 0.0537. The van der Waals surface area contributed by atoms with Crippen LogP contribution in [0.5, 0.6) is 17.2 Å². The molecule has 2 aromatic carbocycles. The van der Waals surface area contributed by atoms with Crippen LogP contribution in [-0.4, -0.2) is 19.4 Å². The van der Waals surface area contributed by atoms with E-state index in [2.05, 4.69) is 15.9 Å². The summed E-state index contributed by atoms with van der Waals surface area (Å²) < 4.78 is 21.9. The SMILES string of the molecule is O=C(COc1ccc(Br)cc1)OCc1cc(Cl)c2c(c1)OCO2. The Hall–Kier alpha value is -1.92. The molecule has 0 atom stereocenters. The highest BCUT2D eigenvalue weighted by Gasteiger charge is 2.18. The topological polar surface area (TPSA) is 54.0 Å². The van der Waals surface area contributed by atoms with E-state index < -0.39 is 5.97 Å². The lowest BCUT2D eigenvalue weighted by atomic mass is 10.2. The van der Waals surface area contributed by atoms with Gasteiger partial charge < -0.3 is 18.9 Å². The number of ether oxygens (including phenoxy) is 4. The summed E-state index contributed by atoms with van der Waals surface area (Å²) in [4.78, 5) is 11.7. The van der Waals surface area contributed by atoms with Crippen LogP contribution in [0.3, 0.4) is 0 Å². The van der Waals surface area contributed by atoms with Gasteiger partial charge in [-0.3, -0.25) is 0 Å². The van der Waals surface area contributed by atoms with Crippen molar-refractivity contribution >= 4 is 33.5 Å². The predicted octanol–water partition coefficient (Wildman–Crippen LogP) is 3.95. The molecule has 7 heteroatoms. The molecule has 0 fully saturated rings. The second-order valence-electron chi connectivity index (χ2n) is 4.71. The lowest BCUT2D eigenvalue weighted by Crippen LogP contribution is -2.14. The predicted molar refractivity (Wildman–Crippen MR) is 87.0 cm³/mol. The average Bonchev–Trinajstić information content (AvgIpc) is 3.01. The number of hydrogen-bond acceptors (Lipinski definition) is 5. The van der Waals surface area contributed by atoms with Crippen molar-refractivity contribution in [3.63, 3.8) is 0 Å². The van der Waals surface area contributed by atoms with Gasteiger partial charge in [0.25, 0.3) is 0 Å². The van der Waals surface area contributed by atoms with E-state index >= 15 is 0 Å². The van der Waals surface area contributed by atoms with E-state index in [1.807, 2.05) is 12.1 Å². The Morgan fingerprint density at radius 1 is 1.22 bits per heavy atom. The van der Waals surface area contributed by atoms with Gasteiger partial charge >= 0.3 is 5.97 Å². The maximum atomic E-state index is 11.7. The number of halogens is 2. The van der Waals surface area contributed by atoms with Crippen molar-refractivity contribution in [2.45, 2.75) is 6.61 Å². The molecule has 0 saturated heterocycles. The molecular weight excluding hydrogens is 388 g/mol. The standard InChI is InChI=1S/C16H12BrClO5/c17-11-1-3-12(4-2-11)20-8-15(19)21-7-10-5-13(18)16-14(6-10)22-9-23-16/h1-6H,7-9H2. The summed E-state index contributed by atoms with van der Waals surface area (Å²) in [7, 11) is 0. The maximum Gasteiger partial charge on any atom is 0.344 e. The highest BCUT2D eigenvalue weighted by molar-refractivity contribution is 9.10. The Kier molecular flexibility index (Phi) is 4.93. The van der Waals surface area contributed by atoms with E-state index in [-0.39, 0.29) is 20.0 Å². The number of rotatable bonds is 5. The number of esters is 1. The van der Waals surface area contributed by atoms with Gasteiger partial charge in [0.05, 0.1) is 5.02 Å². The molecule has 3 rings (SSSR count). The summed E-state index contributed by atoms with van der Waals surface area (Å²) in [5.74, 6) is 1.19. The van der Waals surface area contributed by atoms with Crippen molar-refractivity contribution in [2.75, 3.05) is 13.4 Å². The van der Waals surface area contributed by atoms with E-state index in [1.54, 1.807) is 24.3 Å². The maximum absolute atomic E-state index is 11.7. The Morgan fingerprint density at radius 3 is 2.78 bits per heavy atom. The lowest BCUT2D eigenvalue weighted by Gasteiger charge is -2.08. The largest absolute Gasteiger partial charge is 0.482 e. The Morgan fingerprint density at radius 2 is 2.00 bits per heavy atom. The molecule has 2 aromatic rings. The van der Waals surface area contributed by atoms with Gasteiger partial charge in [-0.05, 0) is 42.0 Å². The second-order valence-corrected chi connectivity index (χ2v) is 6.04. The van der Waals surface area contributed by atoms with Crippen LogP contribution in [0.4, 0.5) is 0 Å². The van der Waals surface area contributed by atoms with E-state index in [4.69, 9.17) is 30.5 Å². The molecule has 0 saturated carbocycles. The van der Waals surface area contributed by atoms with E-state index in [0.717, 1.165) is 10.0 Å². The van der Waals surface area contributed by atoms with Gasteiger partial charge in [-0.1, -0.05) is 27.5 Å². The number of fused-ring (bicyclic) bond motifs is 1. The fraction of sp³-hybridized carbons (Fsp3) is 0.188. The molecule has 1 aliphatic rings. The lowest BCUT2D eigenvalue weighted by molar-refractivity contribution is -0.147. The minimum Gasteiger partial charge on any atom is -0.482 e. The number of carbonyl (C=O) groups is 1. The normalized spacial score (nSPS) is 12.1. The van der Waals surface area contributed by atoms with Crippen molar-refractivity contribution < 1.29 is 23.7 Å². The Labute approximate surface area is 146 Å². The van der Waals surface area contributed by atoms with E-state index in [1.165, 1.54) is 0 Å². The molecule has 0 aliphatic carbocycles. The first kappa shape index (κ1) is 16.0. The minimum atomic E-state index is -0.471. The quantitative estimate of drug-likeness (QED) is 0.713. The first-order chi connectivity index (χ1) is 11.1. The molecule has 0 N–H and O–H groups in total. The fourth-order valence-electron chi connectivity index (χ4n) is 1.98. The van der Waals surface area contributed by atoms with Crippen LogP contribution >= 0.6 is 27.5 Å². The van der Waals surface area contributed by atoms with Crippen LogP contribution in [0, 0.1) is 0 Å². The highest BCUT2D eigenvalue weighted by atomic mass is 79.9. The van der Waals surface area contributed by atoms with Gasteiger partial charge in [0, 0.05) is 4.47 Å². The van der Waals surface area contributed by atoms with Crippen molar-refractivity contribution in [2.24, 2.45) is 0 Å². The molecule has 23 heavy (non-hydrogen) atoms. The molecule has 0 spiro atoms. The third-order valence-electron chi connectivity index (χ3n) is 3.06. The van der Waals surface area contributed by atoms with Gasteiger partial charge in [0.15, 0.2) is 18.1 Å². The fourth-order valence-corrected chi connectivity index (χ4v) is 2.53. The summed E-state index contributed by atoms with van der Waals surface area (Å²) in [5, 5.41) is 0.428. The molecule has 0 unspecified atom stereocenters. The smallest absolute Gasteiger partial charge is 0.344 e. The minimum absolute atomic E-state index is 0.0822. The van der Waals surface area contributed by atoms with Gasteiger partial charge in [-0.25, -0.2) is 4.79 Å². The number of hydrogen-bond donors (Lipinski definition) is 0. The molecule has 1 aliphatic heterocycles. The summed E-state index contributed by atoms with van der Waals surface area (Å²) in [6.07, 6.45) is 0. The molecule has 120 valence electrons. The van der Waals surface area contributed by atoms with Crippen LogP contribution < -0.4 is 14.2 Å². The van der Waals surface area contributed by atoms with Crippen molar-refractivity contribution in [1.82, 2.24) is 0 Å². The molecule has 0 aromatic heterocycles. The molecule has 0 bridgehead atoms. The average molecular weight is 400 g/mol. The second kappa shape index (κ2) is 7.10. The molecule has 1 heterocycles. The zero-order valence-electron chi connectivity index (χ0n) is 11.9. The van der Waals surface area contributed by atoms with Gasteiger partial charge in [-0.15, -0.1) is 0 Å². The third kappa shape index (κ3) is 4.09. The van der Waals surface area contributed by atoms with Gasteiger partial charge in [0.1, 0.15) is 12.4 Å². The monoisotopic (exact) mass is 398 g/mol. The first-order valence-corrected chi connectivity index (χ1v) is 7.91. The van der Waals surface area contributed by atoms with E-state index in [9.17, 15) is 4.79 Å². The Bertz CT molecular complexity index is 717. The molecule has 0 amide bonds. The van der Waals surface area contributed by atoms with Crippen molar-refractivity contribution in [1.29, 1.82) is 0 Å². The molecular formula is C16H12BrClO5. The summed E-state index contributed by atoms with van der Waals surface area (Å²) >= 11 is 9.40. The summed E-state index contributed by atoms with van der Waals surface area (Å²) in [6, 6.07) is 10.6. The zero-order chi connectivity index (χ0) is 16.2. The van der Waals surface area contributed by atoms with Crippen LogP contribution in [0.25, 0.3) is 0 Å². The Balaban J connectivity index is 1.51. The molecule has 5 nitrogen and oxygen atoms in total. The van der Waals surface area contributed by atoms with Crippen LogP contribution in [0.15, 0.2) is 40.9 Å². The molecule has 0 radical (unpaired) electrons. The van der Waals surface area contributed by atoms with Gasteiger partial charge in [0.2, 0.25) is 6.79 Å². The highest BCUT2D eigenvalue weighted by Crippen LogP contribution is 2.39. The van der Waals surface area contributed by atoms with Crippen LogP contribution in [0.1, 0.15) is 5.56 Å².